The Morgan fingerprint density at radius 2 is 1.88 bits per heavy atom. The molecular formula is C17H14F2N2O2S. The normalized spacial score (nSPS) is 16.5. The van der Waals surface area contributed by atoms with Crippen molar-refractivity contribution >= 4 is 35.0 Å². The molecule has 0 bridgehead atoms. The first-order valence-electron chi connectivity index (χ1n) is 7.27. The van der Waals surface area contributed by atoms with E-state index in [4.69, 9.17) is 0 Å². The van der Waals surface area contributed by atoms with Crippen molar-refractivity contribution in [2.45, 2.75) is 23.0 Å². The fourth-order valence-corrected chi connectivity index (χ4v) is 3.09. The van der Waals surface area contributed by atoms with E-state index in [1.54, 1.807) is 30.3 Å². The van der Waals surface area contributed by atoms with Crippen LogP contribution in [0.5, 0.6) is 0 Å². The second kappa shape index (κ2) is 7.00. The number of hydrogen-bond donors (Lipinski definition) is 2. The average Bonchev–Trinajstić information content (AvgIpc) is 2.55. The molecule has 0 spiro atoms. The molecule has 1 unspecified atom stereocenters. The van der Waals surface area contributed by atoms with E-state index >= 15 is 0 Å². The minimum atomic E-state index is -2.48. The molecule has 0 saturated carbocycles. The highest BCUT2D eigenvalue weighted by Gasteiger charge is 2.30. The third kappa shape index (κ3) is 3.73. The maximum absolute atomic E-state index is 12.5. The zero-order valence-corrected chi connectivity index (χ0v) is 13.3. The summed E-state index contributed by atoms with van der Waals surface area (Å²) in [5, 5.41) is 5.48. The molecule has 0 radical (unpaired) electrons. The molecule has 1 heterocycles. The number of alkyl halides is 2. The Morgan fingerprint density at radius 3 is 2.58 bits per heavy atom. The maximum atomic E-state index is 12.5. The molecule has 1 atom stereocenters. The van der Waals surface area contributed by atoms with Gasteiger partial charge < -0.3 is 10.6 Å². The quantitative estimate of drug-likeness (QED) is 0.819. The summed E-state index contributed by atoms with van der Waals surface area (Å²) in [6.45, 7) is 0. The van der Waals surface area contributed by atoms with Crippen LogP contribution >= 0.6 is 11.8 Å². The molecule has 2 N–H and O–H groups in total. The Labute approximate surface area is 141 Å². The third-order valence-electron chi connectivity index (χ3n) is 3.66. The summed E-state index contributed by atoms with van der Waals surface area (Å²) in [5.74, 6) is -3.57. The summed E-state index contributed by atoms with van der Waals surface area (Å²) in [4.78, 5) is 24.7. The number of hydrogen-bond acceptors (Lipinski definition) is 3. The van der Waals surface area contributed by atoms with Gasteiger partial charge in [0.2, 0.25) is 11.8 Å². The first kappa shape index (κ1) is 16.4. The van der Waals surface area contributed by atoms with E-state index in [0.717, 1.165) is 5.56 Å². The highest BCUT2D eigenvalue weighted by Crippen LogP contribution is 2.33. The van der Waals surface area contributed by atoms with Gasteiger partial charge in [-0.25, -0.2) is 0 Å². The summed E-state index contributed by atoms with van der Waals surface area (Å²) in [6.07, 6.45) is 0.0716. The number of rotatable bonds is 4. The summed E-state index contributed by atoms with van der Waals surface area (Å²) in [5.41, 5.74) is 1.90. The number of carbonyl (C=O) groups excluding carboxylic acids is 2. The van der Waals surface area contributed by atoms with Gasteiger partial charge in [0.15, 0.2) is 0 Å². The minimum Gasteiger partial charge on any atom is -0.326 e. The van der Waals surface area contributed by atoms with Crippen molar-refractivity contribution in [2.75, 3.05) is 10.6 Å². The predicted octanol–water partition coefficient (Wildman–Crippen LogP) is 4.07. The molecule has 0 aliphatic carbocycles. The fourth-order valence-electron chi connectivity index (χ4n) is 2.59. The molecule has 2 amide bonds. The van der Waals surface area contributed by atoms with E-state index in [2.05, 4.69) is 10.6 Å². The number of halogens is 2. The van der Waals surface area contributed by atoms with E-state index in [1.807, 2.05) is 6.07 Å². The SMILES string of the molecule is O=C1CC(C(=O)Nc2ccc(SC(F)F)cc2)c2ccccc2N1. The van der Waals surface area contributed by atoms with Crippen LogP contribution in [0.15, 0.2) is 53.4 Å². The van der Waals surface area contributed by atoms with Crippen LogP contribution in [0.3, 0.4) is 0 Å². The van der Waals surface area contributed by atoms with Crippen LogP contribution in [0.25, 0.3) is 0 Å². The lowest BCUT2D eigenvalue weighted by atomic mass is 9.90. The number of carbonyl (C=O) groups is 2. The molecular weight excluding hydrogens is 334 g/mol. The Hall–Kier alpha value is -2.41. The maximum Gasteiger partial charge on any atom is 0.288 e. The van der Waals surface area contributed by atoms with Gasteiger partial charge in [-0.3, -0.25) is 9.59 Å². The van der Waals surface area contributed by atoms with Crippen molar-refractivity contribution in [1.82, 2.24) is 0 Å². The molecule has 2 aromatic carbocycles. The summed E-state index contributed by atoms with van der Waals surface area (Å²) in [6, 6.07) is 13.3. The summed E-state index contributed by atoms with van der Waals surface area (Å²) < 4.78 is 24.6. The van der Waals surface area contributed by atoms with Gasteiger partial charge >= 0.3 is 0 Å². The molecule has 2 aromatic rings. The van der Waals surface area contributed by atoms with E-state index in [9.17, 15) is 18.4 Å². The lowest BCUT2D eigenvalue weighted by molar-refractivity contribution is -0.123. The number of anilines is 2. The van der Waals surface area contributed by atoms with Crippen LogP contribution in [0.2, 0.25) is 0 Å². The van der Waals surface area contributed by atoms with Crippen LogP contribution < -0.4 is 10.6 Å². The molecule has 0 saturated heterocycles. The third-order valence-corrected chi connectivity index (χ3v) is 4.39. The van der Waals surface area contributed by atoms with E-state index in [1.165, 1.54) is 12.1 Å². The van der Waals surface area contributed by atoms with Crippen molar-refractivity contribution in [2.24, 2.45) is 0 Å². The first-order valence-corrected chi connectivity index (χ1v) is 8.15. The molecule has 24 heavy (non-hydrogen) atoms. The van der Waals surface area contributed by atoms with Gasteiger partial charge in [0.05, 0.1) is 5.92 Å². The summed E-state index contributed by atoms with van der Waals surface area (Å²) >= 11 is 0.446. The van der Waals surface area contributed by atoms with Crippen molar-refractivity contribution in [3.8, 4) is 0 Å². The number of nitrogens with one attached hydrogen (secondary N) is 2. The minimum absolute atomic E-state index is 0.0716. The Balaban J connectivity index is 1.74. The molecule has 4 nitrogen and oxygen atoms in total. The molecule has 3 rings (SSSR count). The van der Waals surface area contributed by atoms with E-state index in [-0.39, 0.29) is 18.2 Å². The monoisotopic (exact) mass is 348 g/mol. The molecule has 7 heteroatoms. The number of para-hydroxylation sites is 1. The van der Waals surface area contributed by atoms with Gasteiger partial charge in [-0.15, -0.1) is 0 Å². The van der Waals surface area contributed by atoms with Gasteiger partial charge in [0.25, 0.3) is 5.76 Å². The largest absolute Gasteiger partial charge is 0.326 e. The average molecular weight is 348 g/mol. The standard InChI is InChI=1S/C17H14F2N2O2S/c18-17(19)24-11-7-5-10(6-8-11)20-16(23)13-9-15(22)21-14-4-2-1-3-12(13)14/h1-8,13,17H,9H2,(H,20,23)(H,21,22). The summed E-state index contributed by atoms with van der Waals surface area (Å²) in [7, 11) is 0. The number of fused-ring (bicyclic) bond motifs is 1. The zero-order valence-electron chi connectivity index (χ0n) is 12.5. The molecule has 1 aliphatic rings. The van der Waals surface area contributed by atoms with Crippen molar-refractivity contribution in [1.29, 1.82) is 0 Å². The highest BCUT2D eigenvalue weighted by atomic mass is 32.2. The van der Waals surface area contributed by atoms with Gasteiger partial charge in [-0.1, -0.05) is 30.0 Å². The van der Waals surface area contributed by atoms with Crippen molar-refractivity contribution in [3.63, 3.8) is 0 Å². The van der Waals surface area contributed by atoms with Gasteiger partial charge in [-0.05, 0) is 35.9 Å². The Bertz CT molecular complexity index is 765. The predicted molar refractivity (Wildman–Crippen MR) is 89.4 cm³/mol. The van der Waals surface area contributed by atoms with Crippen LogP contribution in [0.1, 0.15) is 17.9 Å². The zero-order chi connectivity index (χ0) is 17.1. The van der Waals surface area contributed by atoms with Crippen molar-refractivity contribution < 1.29 is 18.4 Å². The number of amides is 2. The van der Waals surface area contributed by atoms with Crippen LogP contribution in [-0.4, -0.2) is 17.6 Å². The second-order valence-electron chi connectivity index (χ2n) is 5.28. The molecule has 1 aliphatic heterocycles. The van der Waals surface area contributed by atoms with Gasteiger partial charge in [-0.2, -0.15) is 8.78 Å². The van der Waals surface area contributed by atoms with E-state index < -0.39 is 11.7 Å². The smallest absolute Gasteiger partial charge is 0.288 e. The first-order chi connectivity index (χ1) is 11.5. The van der Waals surface area contributed by atoms with E-state index in [0.29, 0.717) is 28.0 Å². The van der Waals surface area contributed by atoms with Crippen LogP contribution in [-0.2, 0) is 9.59 Å². The van der Waals surface area contributed by atoms with Crippen LogP contribution in [0.4, 0.5) is 20.2 Å². The number of benzene rings is 2. The number of thioether (sulfide) groups is 1. The topological polar surface area (TPSA) is 58.2 Å². The van der Waals surface area contributed by atoms with Crippen LogP contribution in [0, 0.1) is 0 Å². The van der Waals surface area contributed by atoms with Gasteiger partial charge in [0.1, 0.15) is 0 Å². The molecule has 124 valence electrons. The lowest BCUT2D eigenvalue weighted by Gasteiger charge is -2.24. The van der Waals surface area contributed by atoms with Gasteiger partial charge in [0, 0.05) is 22.7 Å². The Morgan fingerprint density at radius 1 is 1.17 bits per heavy atom. The fraction of sp³-hybridized carbons (Fsp3) is 0.176. The molecule has 0 aromatic heterocycles. The second-order valence-corrected chi connectivity index (χ2v) is 6.35. The molecule has 0 fully saturated rings. The highest BCUT2D eigenvalue weighted by molar-refractivity contribution is 7.99. The van der Waals surface area contributed by atoms with Crippen molar-refractivity contribution in [3.05, 3.63) is 54.1 Å². The lowest BCUT2D eigenvalue weighted by Crippen LogP contribution is -2.30. The Kier molecular flexibility index (Phi) is 4.80.